The first-order valence-corrected chi connectivity index (χ1v) is 6.78. The number of carbonyl (C=O) groups excluding carboxylic acids is 1. The molecule has 1 N–H and O–H groups in total. The van der Waals surface area contributed by atoms with Crippen molar-refractivity contribution in [3.05, 3.63) is 33.9 Å². The summed E-state index contributed by atoms with van der Waals surface area (Å²) in [5.74, 6) is -0.873. The summed E-state index contributed by atoms with van der Waals surface area (Å²) in [6.07, 6.45) is 2.00. The number of nitro groups is 1. The van der Waals surface area contributed by atoms with Crippen LogP contribution in [0.4, 0.5) is 11.4 Å². The number of benzene rings is 1. The Morgan fingerprint density at radius 3 is 2.76 bits per heavy atom. The average Bonchev–Trinajstić information content (AvgIpc) is 2.44. The Labute approximate surface area is 121 Å². The third-order valence-electron chi connectivity index (χ3n) is 3.50. The number of nitrogens with zero attached hydrogens (tertiary/aromatic N) is 2. The van der Waals surface area contributed by atoms with Crippen molar-refractivity contribution in [2.45, 2.75) is 32.1 Å². The summed E-state index contributed by atoms with van der Waals surface area (Å²) in [7, 11) is 0. The molecule has 1 aromatic carbocycles. The highest BCUT2D eigenvalue weighted by atomic mass is 16.6. The van der Waals surface area contributed by atoms with Gasteiger partial charge in [0.1, 0.15) is 0 Å². The van der Waals surface area contributed by atoms with E-state index in [1.54, 1.807) is 11.0 Å². The Hall–Kier alpha value is -2.44. The number of anilines is 1. The minimum Gasteiger partial charge on any atom is -0.481 e. The maximum atomic E-state index is 12.0. The summed E-state index contributed by atoms with van der Waals surface area (Å²) in [4.78, 5) is 34.4. The number of nitro benzene ring substituents is 1. The zero-order valence-electron chi connectivity index (χ0n) is 11.4. The van der Waals surface area contributed by atoms with Crippen LogP contribution in [0, 0.1) is 10.1 Å². The van der Waals surface area contributed by atoms with E-state index in [9.17, 15) is 19.7 Å². The van der Waals surface area contributed by atoms with Crippen molar-refractivity contribution in [2.75, 3.05) is 11.4 Å². The SMILES string of the molecule is O=C(O)CCCCN1C(=O)CCc2cc([N+](=O)[O-])ccc21. The summed E-state index contributed by atoms with van der Waals surface area (Å²) >= 11 is 0. The number of aryl methyl sites for hydroxylation is 1. The zero-order chi connectivity index (χ0) is 15.4. The van der Waals surface area contributed by atoms with Gasteiger partial charge in [-0.15, -0.1) is 0 Å². The van der Waals surface area contributed by atoms with Gasteiger partial charge < -0.3 is 10.0 Å². The largest absolute Gasteiger partial charge is 0.481 e. The Morgan fingerprint density at radius 1 is 1.33 bits per heavy atom. The molecule has 0 bridgehead atoms. The van der Waals surface area contributed by atoms with Crippen molar-refractivity contribution in [3.8, 4) is 0 Å². The molecule has 21 heavy (non-hydrogen) atoms. The molecule has 0 saturated carbocycles. The molecule has 1 aliphatic rings. The lowest BCUT2D eigenvalue weighted by molar-refractivity contribution is -0.384. The Morgan fingerprint density at radius 2 is 2.10 bits per heavy atom. The van der Waals surface area contributed by atoms with E-state index in [0.29, 0.717) is 37.9 Å². The van der Waals surface area contributed by atoms with Crippen LogP contribution in [-0.4, -0.2) is 28.5 Å². The molecule has 0 saturated heterocycles. The monoisotopic (exact) mass is 292 g/mol. The molecule has 1 heterocycles. The first-order chi connectivity index (χ1) is 9.99. The van der Waals surface area contributed by atoms with Crippen LogP contribution in [0.5, 0.6) is 0 Å². The molecule has 1 aromatic rings. The lowest BCUT2D eigenvalue weighted by Crippen LogP contribution is -2.35. The molecule has 1 aliphatic heterocycles. The second kappa shape index (κ2) is 6.34. The Bertz CT molecular complexity index is 585. The lowest BCUT2D eigenvalue weighted by atomic mass is 10.00. The highest BCUT2D eigenvalue weighted by molar-refractivity contribution is 5.96. The molecule has 7 heteroatoms. The van der Waals surface area contributed by atoms with Gasteiger partial charge in [0.15, 0.2) is 0 Å². The van der Waals surface area contributed by atoms with Gasteiger partial charge in [0, 0.05) is 37.2 Å². The van der Waals surface area contributed by atoms with Gasteiger partial charge in [0.05, 0.1) is 4.92 Å². The average molecular weight is 292 g/mol. The van der Waals surface area contributed by atoms with Crippen molar-refractivity contribution >= 4 is 23.3 Å². The Kier molecular flexibility index (Phi) is 4.52. The molecule has 0 atom stereocenters. The van der Waals surface area contributed by atoms with Gasteiger partial charge in [-0.3, -0.25) is 19.7 Å². The maximum Gasteiger partial charge on any atom is 0.303 e. The minimum absolute atomic E-state index is 0.0216. The minimum atomic E-state index is -0.851. The number of rotatable bonds is 6. The smallest absolute Gasteiger partial charge is 0.303 e. The fourth-order valence-electron chi connectivity index (χ4n) is 2.45. The summed E-state index contributed by atoms with van der Waals surface area (Å²) in [6.45, 7) is 0.441. The molecular weight excluding hydrogens is 276 g/mol. The number of carboxylic acid groups (broad SMARTS) is 1. The maximum absolute atomic E-state index is 12.0. The standard InChI is InChI=1S/C14H16N2O5/c17-13-7-4-10-9-11(16(20)21)5-6-12(10)15(13)8-2-1-3-14(18)19/h5-6,9H,1-4,7-8H2,(H,18,19). The number of non-ortho nitro benzene ring substituents is 1. The van der Waals surface area contributed by atoms with Crippen molar-refractivity contribution in [3.63, 3.8) is 0 Å². The van der Waals surface area contributed by atoms with E-state index in [-0.39, 0.29) is 18.0 Å². The van der Waals surface area contributed by atoms with Crippen LogP contribution in [0.25, 0.3) is 0 Å². The molecule has 2 rings (SSSR count). The van der Waals surface area contributed by atoms with Gasteiger partial charge >= 0.3 is 5.97 Å². The van der Waals surface area contributed by atoms with Crippen LogP contribution in [0.15, 0.2) is 18.2 Å². The molecule has 1 amide bonds. The number of aliphatic carboxylic acids is 1. The van der Waals surface area contributed by atoms with Crippen LogP contribution in [0.2, 0.25) is 0 Å². The van der Waals surface area contributed by atoms with Crippen molar-refractivity contribution in [1.82, 2.24) is 0 Å². The third kappa shape index (κ3) is 3.56. The van der Waals surface area contributed by atoms with Crippen LogP contribution in [-0.2, 0) is 16.0 Å². The molecule has 0 unspecified atom stereocenters. The number of hydrogen-bond donors (Lipinski definition) is 1. The van der Waals surface area contributed by atoms with Crippen molar-refractivity contribution in [1.29, 1.82) is 0 Å². The predicted molar refractivity (Wildman–Crippen MR) is 75.3 cm³/mol. The zero-order valence-corrected chi connectivity index (χ0v) is 11.4. The van der Waals surface area contributed by atoms with E-state index in [1.165, 1.54) is 12.1 Å². The van der Waals surface area contributed by atoms with Crippen LogP contribution in [0.3, 0.4) is 0 Å². The molecule has 0 fully saturated rings. The normalized spacial score (nSPS) is 13.9. The van der Waals surface area contributed by atoms with E-state index in [4.69, 9.17) is 5.11 Å². The van der Waals surface area contributed by atoms with E-state index in [1.807, 2.05) is 0 Å². The Balaban J connectivity index is 2.10. The van der Waals surface area contributed by atoms with E-state index in [2.05, 4.69) is 0 Å². The lowest BCUT2D eigenvalue weighted by Gasteiger charge is -2.29. The summed E-state index contributed by atoms with van der Waals surface area (Å²) < 4.78 is 0. The van der Waals surface area contributed by atoms with Crippen molar-refractivity contribution < 1.29 is 19.6 Å². The topological polar surface area (TPSA) is 101 Å². The quantitative estimate of drug-likeness (QED) is 0.491. The first kappa shape index (κ1) is 15.0. The molecule has 0 spiro atoms. The van der Waals surface area contributed by atoms with Gasteiger partial charge in [0.25, 0.3) is 5.69 Å². The van der Waals surface area contributed by atoms with Gasteiger partial charge in [-0.05, 0) is 30.9 Å². The molecular formula is C14H16N2O5. The second-order valence-electron chi connectivity index (χ2n) is 4.97. The summed E-state index contributed by atoms with van der Waals surface area (Å²) in [5, 5.41) is 19.4. The summed E-state index contributed by atoms with van der Waals surface area (Å²) in [5.41, 5.74) is 1.52. The van der Waals surface area contributed by atoms with Gasteiger partial charge in [-0.2, -0.15) is 0 Å². The highest BCUT2D eigenvalue weighted by Gasteiger charge is 2.25. The highest BCUT2D eigenvalue weighted by Crippen LogP contribution is 2.31. The molecule has 0 aliphatic carbocycles. The third-order valence-corrected chi connectivity index (χ3v) is 3.50. The van der Waals surface area contributed by atoms with Crippen LogP contribution in [0.1, 0.15) is 31.2 Å². The molecule has 112 valence electrons. The number of hydrogen-bond acceptors (Lipinski definition) is 4. The van der Waals surface area contributed by atoms with Crippen LogP contribution < -0.4 is 4.90 Å². The first-order valence-electron chi connectivity index (χ1n) is 6.78. The number of carboxylic acids is 1. The van der Waals surface area contributed by atoms with E-state index >= 15 is 0 Å². The van der Waals surface area contributed by atoms with Gasteiger partial charge in [-0.1, -0.05) is 0 Å². The summed E-state index contributed by atoms with van der Waals surface area (Å²) in [6, 6.07) is 4.50. The van der Waals surface area contributed by atoms with E-state index < -0.39 is 10.9 Å². The van der Waals surface area contributed by atoms with E-state index in [0.717, 1.165) is 5.56 Å². The molecule has 0 aromatic heterocycles. The number of fused-ring (bicyclic) bond motifs is 1. The number of amides is 1. The number of unbranched alkanes of at least 4 members (excludes halogenated alkanes) is 1. The van der Waals surface area contributed by atoms with Gasteiger partial charge in [-0.25, -0.2) is 0 Å². The van der Waals surface area contributed by atoms with Gasteiger partial charge in [0.2, 0.25) is 5.91 Å². The number of carbonyl (C=O) groups is 2. The molecule has 7 nitrogen and oxygen atoms in total. The molecule has 0 radical (unpaired) electrons. The fourth-order valence-corrected chi connectivity index (χ4v) is 2.45. The predicted octanol–water partition coefficient (Wildman–Crippen LogP) is 2.13. The van der Waals surface area contributed by atoms with Crippen molar-refractivity contribution in [2.24, 2.45) is 0 Å². The second-order valence-corrected chi connectivity index (χ2v) is 4.97. The van der Waals surface area contributed by atoms with Crippen LogP contribution >= 0.6 is 0 Å². The fraction of sp³-hybridized carbons (Fsp3) is 0.429.